The van der Waals surface area contributed by atoms with E-state index in [0.717, 1.165) is 29.2 Å². The maximum absolute atomic E-state index is 5.99. The fourth-order valence-electron chi connectivity index (χ4n) is 3.16. The van der Waals surface area contributed by atoms with Crippen LogP contribution in [0.1, 0.15) is 50.8 Å². The van der Waals surface area contributed by atoms with Gasteiger partial charge >= 0.3 is 0 Å². The van der Waals surface area contributed by atoms with Gasteiger partial charge < -0.3 is 10.2 Å². The van der Waals surface area contributed by atoms with Gasteiger partial charge in [0.25, 0.3) is 0 Å². The summed E-state index contributed by atoms with van der Waals surface area (Å²) in [5.41, 5.74) is 5.99. The minimum atomic E-state index is 0.213. The SMILES string of the molecule is CCCC1CCCN(C(CN)c2occc2Br)CC1. The van der Waals surface area contributed by atoms with Gasteiger partial charge in [0.15, 0.2) is 0 Å². The van der Waals surface area contributed by atoms with Crippen molar-refractivity contribution in [2.75, 3.05) is 19.6 Å². The first kappa shape index (κ1) is 15.1. The Hall–Kier alpha value is -0.320. The Morgan fingerprint density at radius 3 is 2.95 bits per heavy atom. The molecule has 4 heteroatoms. The number of halogens is 1. The molecule has 2 rings (SSSR count). The zero-order valence-electron chi connectivity index (χ0n) is 11.8. The molecular formula is C15H25BrN2O. The third-order valence-corrected chi connectivity index (χ3v) is 4.85. The lowest BCUT2D eigenvalue weighted by Gasteiger charge is -2.28. The predicted octanol–water partition coefficient (Wildman–Crippen LogP) is 3.94. The molecule has 0 saturated carbocycles. The molecule has 0 aromatic carbocycles. The van der Waals surface area contributed by atoms with Crippen LogP contribution in [0.2, 0.25) is 0 Å². The monoisotopic (exact) mass is 328 g/mol. The van der Waals surface area contributed by atoms with Crippen molar-refractivity contribution in [2.24, 2.45) is 11.7 Å². The van der Waals surface area contributed by atoms with Crippen LogP contribution < -0.4 is 5.73 Å². The number of furan rings is 1. The van der Waals surface area contributed by atoms with Gasteiger partial charge in [0.2, 0.25) is 0 Å². The highest BCUT2D eigenvalue weighted by Crippen LogP contribution is 2.31. The van der Waals surface area contributed by atoms with Crippen LogP contribution in [0.25, 0.3) is 0 Å². The van der Waals surface area contributed by atoms with Gasteiger partial charge in [-0.1, -0.05) is 19.8 Å². The Labute approximate surface area is 124 Å². The molecule has 2 atom stereocenters. The van der Waals surface area contributed by atoms with E-state index in [2.05, 4.69) is 27.8 Å². The summed E-state index contributed by atoms with van der Waals surface area (Å²) in [7, 11) is 0. The van der Waals surface area contributed by atoms with Gasteiger partial charge in [-0.05, 0) is 60.3 Å². The normalized spacial score (nSPS) is 23.2. The van der Waals surface area contributed by atoms with Crippen LogP contribution in [0, 0.1) is 5.92 Å². The highest BCUT2D eigenvalue weighted by molar-refractivity contribution is 9.10. The maximum atomic E-state index is 5.99. The van der Waals surface area contributed by atoms with Gasteiger partial charge in [-0.3, -0.25) is 4.90 Å². The summed E-state index contributed by atoms with van der Waals surface area (Å²) in [5.74, 6) is 1.88. The zero-order valence-corrected chi connectivity index (χ0v) is 13.4. The summed E-state index contributed by atoms with van der Waals surface area (Å²) >= 11 is 3.55. The van der Waals surface area contributed by atoms with E-state index in [1.807, 2.05) is 6.07 Å². The van der Waals surface area contributed by atoms with Gasteiger partial charge in [-0.25, -0.2) is 0 Å². The first-order chi connectivity index (χ1) is 9.26. The second-order valence-electron chi connectivity index (χ2n) is 5.51. The zero-order chi connectivity index (χ0) is 13.7. The molecule has 1 aromatic heterocycles. The summed E-state index contributed by atoms with van der Waals surface area (Å²) in [6.07, 6.45) is 8.34. The summed E-state index contributed by atoms with van der Waals surface area (Å²) < 4.78 is 6.66. The highest BCUT2D eigenvalue weighted by atomic mass is 79.9. The van der Waals surface area contributed by atoms with E-state index in [1.165, 1.54) is 32.1 Å². The van der Waals surface area contributed by atoms with Gasteiger partial charge in [0.05, 0.1) is 16.8 Å². The number of nitrogens with zero attached hydrogens (tertiary/aromatic N) is 1. The minimum Gasteiger partial charge on any atom is -0.466 e. The number of hydrogen-bond acceptors (Lipinski definition) is 3. The minimum absolute atomic E-state index is 0.213. The molecule has 3 nitrogen and oxygen atoms in total. The molecule has 1 aliphatic heterocycles. The molecule has 2 unspecified atom stereocenters. The van der Waals surface area contributed by atoms with E-state index in [-0.39, 0.29) is 6.04 Å². The molecule has 108 valence electrons. The Bertz CT molecular complexity index is 380. The molecule has 0 amide bonds. The van der Waals surface area contributed by atoms with Crippen LogP contribution in [0.5, 0.6) is 0 Å². The second-order valence-corrected chi connectivity index (χ2v) is 6.36. The summed E-state index contributed by atoms with van der Waals surface area (Å²) in [4.78, 5) is 2.50. The van der Waals surface area contributed by atoms with Crippen molar-refractivity contribution < 1.29 is 4.42 Å². The quantitative estimate of drug-likeness (QED) is 0.889. The van der Waals surface area contributed by atoms with Crippen molar-refractivity contribution in [1.82, 2.24) is 4.90 Å². The molecule has 0 bridgehead atoms. The van der Waals surface area contributed by atoms with E-state index in [4.69, 9.17) is 10.2 Å². The van der Waals surface area contributed by atoms with Crippen LogP contribution in [0.15, 0.2) is 21.2 Å². The van der Waals surface area contributed by atoms with Gasteiger partial charge in [-0.15, -0.1) is 0 Å². The van der Waals surface area contributed by atoms with Gasteiger partial charge in [-0.2, -0.15) is 0 Å². The lowest BCUT2D eigenvalue weighted by atomic mass is 9.96. The largest absolute Gasteiger partial charge is 0.466 e. The second kappa shape index (κ2) is 7.46. The first-order valence-electron chi connectivity index (χ1n) is 7.43. The molecule has 1 saturated heterocycles. The number of hydrogen-bond donors (Lipinski definition) is 1. The third kappa shape index (κ3) is 3.83. The maximum Gasteiger partial charge on any atom is 0.136 e. The number of rotatable bonds is 5. The van der Waals surface area contributed by atoms with Crippen LogP contribution in [-0.4, -0.2) is 24.5 Å². The van der Waals surface area contributed by atoms with E-state index in [0.29, 0.717) is 6.54 Å². The fourth-order valence-corrected chi connectivity index (χ4v) is 3.63. The number of nitrogens with two attached hydrogens (primary N) is 1. The molecule has 1 aliphatic rings. The average Bonchev–Trinajstić information content (AvgIpc) is 2.69. The van der Waals surface area contributed by atoms with E-state index in [9.17, 15) is 0 Å². The van der Waals surface area contributed by atoms with Crippen LogP contribution >= 0.6 is 15.9 Å². The summed E-state index contributed by atoms with van der Waals surface area (Å²) in [6, 6.07) is 2.17. The van der Waals surface area contributed by atoms with Crippen molar-refractivity contribution in [3.05, 3.63) is 22.6 Å². The van der Waals surface area contributed by atoms with Crippen LogP contribution in [0.3, 0.4) is 0 Å². The molecule has 2 heterocycles. The van der Waals surface area contributed by atoms with Crippen molar-refractivity contribution in [3.63, 3.8) is 0 Å². The fraction of sp³-hybridized carbons (Fsp3) is 0.733. The standard InChI is InChI=1S/C15H25BrN2O/c1-2-4-12-5-3-8-18(9-6-12)14(11-17)15-13(16)7-10-19-15/h7,10,12,14H,2-6,8-9,11,17H2,1H3. The average molecular weight is 329 g/mol. The van der Waals surface area contributed by atoms with E-state index < -0.39 is 0 Å². The van der Waals surface area contributed by atoms with Gasteiger partial charge in [0, 0.05) is 6.54 Å². The van der Waals surface area contributed by atoms with Crippen LogP contribution in [-0.2, 0) is 0 Å². The number of likely N-dealkylation sites (tertiary alicyclic amines) is 1. The van der Waals surface area contributed by atoms with Crippen molar-refractivity contribution in [1.29, 1.82) is 0 Å². The smallest absolute Gasteiger partial charge is 0.136 e. The first-order valence-corrected chi connectivity index (χ1v) is 8.22. The third-order valence-electron chi connectivity index (χ3n) is 4.19. The molecule has 1 aromatic rings. The molecular weight excluding hydrogens is 304 g/mol. The van der Waals surface area contributed by atoms with Crippen molar-refractivity contribution in [2.45, 2.75) is 45.1 Å². The molecule has 1 fully saturated rings. The lowest BCUT2D eigenvalue weighted by Crippen LogP contribution is -2.34. The molecule has 2 N–H and O–H groups in total. The summed E-state index contributed by atoms with van der Waals surface area (Å²) in [5, 5.41) is 0. The lowest BCUT2D eigenvalue weighted by molar-refractivity contribution is 0.182. The topological polar surface area (TPSA) is 42.4 Å². The molecule has 0 radical (unpaired) electrons. The summed E-state index contributed by atoms with van der Waals surface area (Å²) in [6.45, 7) is 5.17. The Morgan fingerprint density at radius 2 is 2.32 bits per heavy atom. The molecule has 19 heavy (non-hydrogen) atoms. The van der Waals surface area contributed by atoms with Crippen LogP contribution in [0.4, 0.5) is 0 Å². The molecule has 0 aliphatic carbocycles. The van der Waals surface area contributed by atoms with E-state index in [1.54, 1.807) is 6.26 Å². The van der Waals surface area contributed by atoms with Crippen molar-refractivity contribution in [3.8, 4) is 0 Å². The Balaban J connectivity index is 2.01. The van der Waals surface area contributed by atoms with E-state index >= 15 is 0 Å². The highest BCUT2D eigenvalue weighted by Gasteiger charge is 2.26. The Morgan fingerprint density at radius 1 is 1.47 bits per heavy atom. The van der Waals surface area contributed by atoms with Crippen molar-refractivity contribution >= 4 is 15.9 Å². The molecule has 0 spiro atoms. The van der Waals surface area contributed by atoms with Gasteiger partial charge in [0.1, 0.15) is 5.76 Å². The predicted molar refractivity (Wildman–Crippen MR) is 82.0 cm³/mol. The Kier molecular flexibility index (Phi) is 5.92.